The number of rotatable bonds is 2. The fraction of sp³-hybridized carbons (Fsp3) is 0.273. The molecule has 84 valence electrons. The minimum Gasteiger partial charge on any atom is -0.476 e. The molecule has 0 aliphatic carbocycles. The van der Waals surface area contributed by atoms with Crippen molar-refractivity contribution >= 4 is 5.97 Å². The number of hydrogen-bond donors (Lipinski definition) is 1. The van der Waals surface area contributed by atoms with Gasteiger partial charge in [0.1, 0.15) is 17.3 Å². The lowest BCUT2D eigenvalue weighted by Crippen LogP contribution is -1.98. The maximum atomic E-state index is 10.8. The molecular weight excluding hydrogens is 210 g/mol. The molecule has 0 amide bonds. The van der Waals surface area contributed by atoms with Crippen LogP contribution in [0.4, 0.5) is 0 Å². The second-order valence-electron chi connectivity index (χ2n) is 3.56. The van der Waals surface area contributed by atoms with Crippen LogP contribution in [0.5, 0.6) is 0 Å². The second kappa shape index (κ2) is 3.52. The van der Waals surface area contributed by atoms with E-state index >= 15 is 0 Å². The average Bonchev–Trinajstić information content (AvgIpc) is 2.69. The zero-order valence-electron chi connectivity index (χ0n) is 9.20. The van der Waals surface area contributed by atoms with Gasteiger partial charge in [-0.3, -0.25) is 0 Å². The summed E-state index contributed by atoms with van der Waals surface area (Å²) in [7, 11) is 0. The van der Waals surface area contributed by atoms with Gasteiger partial charge < -0.3 is 13.9 Å². The van der Waals surface area contributed by atoms with Crippen LogP contribution in [0, 0.1) is 20.8 Å². The smallest absolute Gasteiger partial charge is 0.358 e. The standard InChI is InChI=1S/C11H11NO4/c1-5-4-8(6(2)15-5)10-12-9(11(13)14)7(3)16-10/h4H,1-3H3,(H,13,14). The molecule has 0 unspecified atom stereocenters. The molecule has 0 aliphatic rings. The Morgan fingerprint density at radius 3 is 2.38 bits per heavy atom. The van der Waals surface area contributed by atoms with Crippen LogP contribution in [0.1, 0.15) is 27.8 Å². The van der Waals surface area contributed by atoms with Crippen LogP contribution in [0.2, 0.25) is 0 Å². The summed E-state index contributed by atoms with van der Waals surface area (Å²) in [5.41, 5.74) is 0.626. The number of aromatic carboxylic acids is 1. The molecule has 5 heteroatoms. The molecule has 0 saturated heterocycles. The van der Waals surface area contributed by atoms with Crippen molar-refractivity contribution in [1.82, 2.24) is 4.98 Å². The van der Waals surface area contributed by atoms with Gasteiger partial charge in [0.25, 0.3) is 0 Å². The summed E-state index contributed by atoms with van der Waals surface area (Å²) in [5.74, 6) is 0.881. The molecule has 1 N–H and O–H groups in total. The monoisotopic (exact) mass is 221 g/mol. The SMILES string of the molecule is Cc1cc(-c2nc(C(=O)O)c(C)o2)c(C)o1. The Labute approximate surface area is 91.7 Å². The molecule has 2 rings (SSSR count). The Balaban J connectivity index is 2.53. The third-order valence-electron chi connectivity index (χ3n) is 2.27. The number of carbonyl (C=O) groups is 1. The van der Waals surface area contributed by atoms with E-state index < -0.39 is 5.97 Å². The second-order valence-corrected chi connectivity index (χ2v) is 3.56. The fourth-order valence-electron chi connectivity index (χ4n) is 1.55. The highest BCUT2D eigenvalue weighted by atomic mass is 16.4. The van der Waals surface area contributed by atoms with E-state index in [1.54, 1.807) is 19.9 Å². The van der Waals surface area contributed by atoms with Crippen molar-refractivity contribution in [3.63, 3.8) is 0 Å². The maximum absolute atomic E-state index is 10.8. The molecule has 0 spiro atoms. The minimum atomic E-state index is -1.09. The van der Waals surface area contributed by atoms with Crippen LogP contribution in [-0.4, -0.2) is 16.1 Å². The summed E-state index contributed by atoms with van der Waals surface area (Å²) in [6.07, 6.45) is 0. The van der Waals surface area contributed by atoms with E-state index in [2.05, 4.69) is 4.98 Å². The van der Waals surface area contributed by atoms with Crippen LogP contribution in [0.25, 0.3) is 11.5 Å². The summed E-state index contributed by atoms with van der Waals surface area (Å²) >= 11 is 0. The van der Waals surface area contributed by atoms with Gasteiger partial charge in [0.05, 0.1) is 5.56 Å². The summed E-state index contributed by atoms with van der Waals surface area (Å²) in [6.45, 7) is 5.16. The Hall–Kier alpha value is -2.04. The maximum Gasteiger partial charge on any atom is 0.358 e. The number of furan rings is 1. The molecule has 0 aliphatic heterocycles. The van der Waals surface area contributed by atoms with Gasteiger partial charge in [0.2, 0.25) is 5.89 Å². The topological polar surface area (TPSA) is 76.5 Å². The molecule has 0 atom stereocenters. The largest absolute Gasteiger partial charge is 0.476 e. The summed E-state index contributed by atoms with van der Waals surface area (Å²) in [5, 5.41) is 8.85. The van der Waals surface area contributed by atoms with E-state index in [0.717, 1.165) is 5.76 Å². The third kappa shape index (κ3) is 1.60. The van der Waals surface area contributed by atoms with Crippen LogP contribution in [-0.2, 0) is 0 Å². The first-order chi connectivity index (χ1) is 7.49. The van der Waals surface area contributed by atoms with E-state index in [1.807, 2.05) is 6.92 Å². The number of aromatic nitrogens is 1. The average molecular weight is 221 g/mol. The van der Waals surface area contributed by atoms with E-state index in [1.165, 1.54) is 0 Å². The first-order valence-corrected chi connectivity index (χ1v) is 4.77. The molecule has 2 heterocycles. The highest BCUT2D eigenvalue weighted by Crippen LogP contribution is 2.27. The molecular formula is C11H11NO4. The molecule has 0 aromatic carbocycles. The highest BCUT2D eigenvalue weighted by Gasteiger charge is 2.19. The molecule has 0 radical (unpaired) electrons. The molecule has 5 nitrogen and oxygen atoms in total. The summed E-state index contributed by atoms with van der Waals surface area (Å²) in [6, 6.07) is 1.77. The molecule has 2 aromatic heterocycles. The lowest BCUT2D eigenvalue weighted by Gasteiger charge is -1.89. The minimum absolute atomic E-state index is 0.0618. The number of aryl methyl sites for hydroxylation is 3. The van der Waals surface area contributed by atoms with E-state index in [-0.39, 0.29) is 11.6 Å². The van der Waals surface area contributed by atoms with Crippen molar-refractivity contribution in [3.05, 3.63) is 29.0 Å². The van der Waals surface area contributed by atoms with Gasteiger partial charge in [-0.2, -0.15) is 0 Å². The van der Waals surface area contributed by atoms with Crippen molar-refractivity contribution in [3.8, 4) is 11.5 Å². The van der Waals surface area contributed by atoms with Crippen molar-refractivity contribution in [2.75, 3.05) is 0 Å². The molecule has 0 saturated carbocycles. The van der Waals surface area contributed by atoms with Crippen LogP contribution in [0.3, 0.4) is 0 Å². The van der Waals surface area contributed by atoms with Crippen LogP contribution < -0.4 is 0 Å². The molecule has 0 bridgehead atoms. The zero-order chi connectivity index (χ0) is 11.9. The van der Waals surface area contributed by atoms with Gasteiger partial charge in [-0.15, -0.1) is 0 Å². The normalized spacial score (nSPS) is 10.7. The molecule has 2 aromatic rings. The first-order valence-electron chi connectivity index (χ1n) is 4.77. The highest BCUT2D eigenvalue weighted by molar-refractivity contribution is 5.87. The van der Waals surface area contributed by atoms with Gasteiger partial charge in [-0.05, 0) is 26.8 Å². The Kier molecular flexibility index (Phi) is 2.30. The summed E-state index contributed by atoms with van der Waals surface area (Å²) < 4.78 is 10.6. The first kappa shape index (κ1) is 10.5. The van der Waals surface area contributed by atoms with Gasteiger partial charge in [-0.25, -0.2) is 9.78 Å². The number of carboxylic acids is 1. The van der Waals surface area contributed by atoms with E-state index in [4.69, 9.17) is 13.9 Å². The lowest BCUT2D eigenvalue weighted by molar-refractivity contribution is 0.0689. The van der Waals surface area contributed by atoms with Crippen molar-refractivity contribution in [1.29, 1.82) is 0 Å². The predicted octanol–water partition coefficient (Wildman–Crippen LogP) is 2.56. The number of hydrogen-bond acceptors (Lipinski definition) is 4. The van der Waals surface area contributed by atoms with Crippen molar-refractivity contribution < 1.29 is 18.7 Å². The predicted molar refractivity (Wildman–Crippen MR) is 55.4 cm³/mol. The third-order valence-corrected chi connectivity index (χ3v) is 2.27. The Morgan fingerprint density at radius 1 is 1.25 bits per heavy atom. The van der Waals surface area contributed by atoms with E-state index in [9.17, 15) is 4.79 Å². The van der Waals surface area contributed by atoms with Gasteiger partial charge in [0.15, 0.2) is 5.69 Å². The zero-order valence-corrected chi connectivity index (χ0v) is 9.20. The fourth-order valence-corrected chi connectivity index (χ4v) is 1.55. The Morgan fingerprint density at radius 2 is 1.94 bits per heavy atom. The van der Waals surface area contributed by atoms with Crippen molar-refractivity contribution in [2.45, 2.75) is 20.8 Å². The Bertz CT molecular complexity index is 550. The lowest BCUT2D eigenvalue weighted by atomic mass is 10.2. The van der Waals surface area contributed by atoms with Crippen LogP contribution in [0.15, 0.2) is 14.9 Å². The quantitative estimate of drug-likeness (QED) is 0.843. The number of nitrogens with zero attached hydrogens (tertiary/aromatic N) is 1. The van der Waals surface area contributed by atoms with Gasteiger partial charge >= 0.3 is 5.97 Å². The van der Waals surface area contributed by atoms with Crippen molar-refractivity contribution in [2.24, 2.45) is 0 Å². The van der Waals surface area contributed by atoms with Gasteiger partial charge in [-0.1, -0.05) is 0 Å². The summed E-state index contributed by atoms with van der Waals surface area (Å²) in [4.78, 5) is 14.7. The molecule has 16 heavy (non-hydrogen) atoms. The number of carboxylic acid groups (broad SMARTS) is 1. The van der Waals surface area contributed by atoms with Gasteiger partial charge in [0, 0.05) is 0 Å². The van der Waals surface area contributed by atoms with E-state index in [0.29, 0.717) is 17.1 Å². The number of oxazole rings is 1. The molecule has 0 fully saturated rings. The van der Waals surface area contributed by atoms with Crippen LogP contribution >= 0.6 is 0 Å².